The van der Waals surface area contributed by atoms with Crippen LogP contribution in [0.5, 0.6) is 0 Å². The van der Waals surface area contributed by atoms with E-state index in [0.717, 1.165) is 19.3 Å². The van der Waals surface area contributed by atoms with E-state index < -0.39 is 17.9 Å². The van der Waals surface area contributed by atoms with Gasteiger partial charge in [0.25, 0.3) is 0 Å². The zero-order valence-corrected chi connectivity index (χ0v) is 11.1. The highest BCUT2D eigenvalue weighted by Gasteiger charge is 2.12. The van der Waals surface area contributed by atoms with Crippen LogP contribution in [0.2, 0.25) is 0 Å². The van der Waals surface area contributed by atoms with Gasteiger partial charge in [-0.1, -0.05) is 19.8 Å². The second kappa shape index (κ2) is 9.44. The highest BCUT2D eigenvalue weighted by molar-refractivity contribution is 5.94. The summed E-state index contributed by atoms with van der Waals surface area (Å²) in [5, 5.41) is 10.6. The normalized spacial score (nSPS) is 9.89. The van der Waals surface area contributed by atoms with Crippen LogP contribution in [0.25, 0.3) is 0 Å². The van der Waals surface area contributed by atoms with Crippen molar-refractivity contribution in [3.63, 3.8) is 0 Å². The van der Waals surface area contributed by atoms with Crippen molar-refractivity contribution in [3.05, 3.63) is 0 Å². The summed E-state index contributed by atoms with van der Waals surface area (Å²) in [6.07, 6.45) is 3.27. The van der Waals surface area contributed by atoms with Gasteiger partial charge >= 0.3 is 12.0 Å². The summed E-state index contributed by atoms with van der Waals surface area (Å²) in [6, 6.07) is -0.425. The minimum absolute atomic E-state index is 0.0564. The van der Waals surface area contributed by atoms with E-state index in [1.165, 1.54) is 4.90 Å². The van der Waals surface area contributed by atoms with Crippen LogP contribution < -0.4 is 5.32 Å². The molecule has 0 fully saturated rings. The van der Waals surface area contributed by atoms with Crippen LogP contribution in [-0.4, -0.2) is 41.5 Å². The highest BCUT2D eigenvalue weighted by Crippen LogP contribution is 1.98. The predicted octanol–water partition coefficient (Wildman–Crippen LogP) is 1.60. The average molecular weight is 258 g/mol. The molecule has 0 heterocycles. The number of urea groups is 1. The largest absolute Gasteiger partial charge is 0.481 e. The Balaban J connectivity index is 3.77. The maximum absolute atomic E-state index is 11.5. The van der Waals surface area contributed by atoms with Gasteiger partial charge in [-0.25, -0.2) is 4.79 Å². The molecule has 0 aromatic heterocycles. The summed E-state index contributed by atoms with van der Waals surface area (Å²) >= 11 is 0. The molecule has 0 unspecified atom stereocenters. The topological polar surface area (TPSA) is 86.7 Å². The van der Waals surface area contributed by atoms with Crippen molar-refractivity contribution in [1.82, 2.24) is 10.2 Å². The van der Waals surface area contributed by atoms with Gasteiger partial charge in [0.15, 0.2) is 0 Å². The molecule has 0 spiro atoms. The predicted molar refractivity (Wildman–Crippen MR) is 67.2 cm³/mol. The Morgan fingerprint density at radius 3 is 2.33 bits per heavy atom. The van der Waals surface area contributed by atoms with Gasteiger partial charge < -0.3 is 10.0 Å². The zero-order valence-electron chi connectivity index (χ0n) is 11.1. The SMILES string of the molecule is CCCCCN(C)C(=O)NC(=O)CCCC(=O)O. The molecule has 6 heteroatoms. The smallest absolute Gasteiger partial charge is 0.323 e. The summed E-state index contributed by atoms with van der Waals surface area (Å²) in [4.78, 5) is 34.6. The number of imide groups is 1. The van der Waals surface area contributed by atoms with Crippen LogP contribution in [0, 0.1) is 0 Å². The van der Waals surface area contributed by atoms with Crippen LogP contribution >= 0.6 is 0 Å². The van der Waals surface area contributed by atoms with E-state index in [4.69, 9.17) is 5.11 Å². The molecule has 2 N–H and O–H groups in total. The Hall–Kier alpha value is -1.59. The van der Waals surface area contributed by atoms with Crippen molar-refractivity contribution in [2.45, 2.75) is 45.4 Å². The molecule has 6 nitrogen and oxygen atoms in total. The molecule has 0 aliphatic rings. The van der Waals surface area contributed by atoms with E-state index in [1.807, 2.05) is 0 Å². The quantitative estimate of drug-likeness (QED) is 0.647. The van der Waals surface area contributed by atoms with Crippen molar-refractivity contribution >= 4 is 17.9 Å². The minimum Gasteiger partial charge on any atom is -0.481 e. The molecule has 0 atom stereocenters. The fourth-order valence-corrected chi connectivity index (χ4v) is 1.38. The number of carbonyl (C=O) groups excluding carboxylic acids is 2. The van der Waals surface area contributed by atoms with Gasteiger partial charge in [-0.05, 0) is 12.8 Å². The van der Waals surface area contributed by atoms with Crippen LogP contribution in [-0.2, 0) is 9.59 Å². The summed E-state index contributed by atoms with van der Waals surface area (Å²) < 4.78 is 0. The number of carboxylic acids is 1. The number of rotatable bonds is 8. The lowest BCUT2D eigenvalue weighted by atomic mass is 10.2. The Morgan fingerprint density at radius 1 is 1.11 bits per heavy atom. The van der Waals surface area contributed by atoms with Crippen LogP contribution in [0.3, 0.4) is 0 Å². The first-order valence-corrected chi connectivity index (χ1v) is 6.24. The lowest BCUT2D eigenvalue weighted by Crippen LogP contribution is -2.41. The molecule has 18 heavy (non-hydrogen) atoms. The van der Waals surface area contributed by atoms with Crippen LogP contribution in [0.15, 0.2) is 0 Å². The first-order valence-electron chi connectivity index (χ1n) is 6.24. The van der Waals surface area contributed by atoms with Crippen LogP contribution in [0.1, 0.15) is 45.4 Å². The third-order valence-electron chi connectivity index (χ3n) is 2.48. The Labute approximate surface area is 107 Å². The Morgan fingerprint density at radius 2 is 1.78 bits per heavy atom. The van der Waals surface area contributed by atoms with Gasteiger partial charge in [0.2, 0.25) is 5.91 Å². The summed E-state index contributed by atoms with van der Waals surface area (Å²) in [7, 11) is 1.63. The van der Waals surface area contributed by atoms with Gasteiger partial charge in [0.1, 0.15) is 0 Å². The van der Waals surface area contributed by atoms with E-state index in [0.29, 0.717) is 6.54 Å². The van der Waals surface area contributed by atoms with Gasteiger partial charge in [-0.2, -0.15) is 0 Å². The number of carbonyl (C=O) groups is 3. The Bertz CT molecular complexity index is 292. The number of hydrogen-bond acceptors (Lipinski definition) is 3. The monoisotopic (exact) mass is 258 g/mol. The van der Waals surface area contributed by atoms with Crippen molar-refractivity contribution in [2.75, 3.05) is 13.6 Å². The van der Waals surface area contributed by atoms with E-state index >= 15 is 0 Å². The van der Waals surface area contributed by atoms with Crippen LogP contribution in [0.4, 0.5) is 4.79 Å². The van der Waals surface area contributed by atoms with Gasteiger partial charge in [-0.15, -0.1) is 0 Å². The minimum atomic E-state index is -0.939. The molecule has 104 valence electrons. The molecular weight excluding hydrogens is 236 g/mol. The molecule has 0 saturated carbocycles. The molecular formula is C12H22N2O4. The number of carboxylic acid groups (broad SMARTS) is 1. The zero-order chi connectivity index (χ0) is 14.0. The van der Waals surface area contributed by atoms with Gasteiger partial charge in [-0.3, -0.25) is 14.9 Å². The van der Waals surface area contributed by atoms with Crippen molar-refractivity contribution < 1.29 is 19.5 Å². The molecule has 0 aromatic rings. The molecule has 0 saturated heterocycles. The second-order valence-electron chi connectivity index (χ2n) is 4.23. The number of nitrogens with zero attached hydrogens (tertiary/aromatic N) is 1. The summed E-state index contributed by atoms with van der Waals surface area (Å²) in [6.45, 7) is 2.69. The standard InChI is InChI=1S/C12H22N2O4/c1-3-4-5-9-14(2)12(18)13-10(15)7-6-8-11(16)17/h3-9H2,1-2H3,(H,16,17)(H,13,15,18). The fraction of sp³-hybridized carbons (Fsp3) is 0.750. The Kier molecular flexibility index (Phi) is 8.61. The lowest BCUT2D eigenvalue weighted by Gasteiger charge is -2.16. The van der Waals surface area contributed by atoms with Gasteiger partial charge in [0, 0.05) is 26.4 Å². The number of aliphatic carboxylic acids is 1. The molecule has 0 radical (unpaired) electrons. The molecule has 3 amide bonds. The van der Waals surface area contributed by atoms with Crippen molar-refractivity contribution in [1.29, 1.82) is 0 Å². The van der Waals surface area contributed by atoms with E-state index in [9.17, 15) is 14.4 Å². The lowest BCUT2D eigenvalue weighted by molar-refractivity contribution is -0.137. The first kappa shape index (κ1) is 16.4. The van der Waals surface area contributed by atoms with E-state index in [1.54, 1.807) is 7.05 Å². The third-order valence-corrected chi connectivity index (χ3v) is 2.48. The molecule has 0 aliphatic carbocycles. The number of hydrogen-bond donors (Lipinski definition) is 2. The van der Waals surface area contributed by atoms with Gasteiger partial charge in [0.05, 0.1) is 0 Å². The maximum Gasteiger partial charge on any atom is 0.323 e. The first-order chi connectivity index (χ1) is 8.47. The summed E-state index contributed by atoms with van der Waals surface area (Å²) in [5.41, 5.74) is 0. The second-order valence-corrected chi connectivity index (χ2v) is 4.23. The number of amides is 3. The van der Waals surface area contributed by atoms with E-state index in [-0.39, 0.29) is 19.3 Å². The molecule has 0 aromatic carbocycles. The third kappa shape index (κ3) is 8.55. The van der Waals surface area contributed by atoms with Crippen molar-refractivity contribution in [2.24, 2.45) is 0 Å². The highest BCUT2D eigenvalue weighted by atomic mass is 16.4. The number of unbranched alkanes of at least 4 members (excludes halogenated alkanes) is 2. The fourth-order valence-electron chi connectivity index (χ4n) is 1.38. The van der Waals surface area contributed by atoms with E-state index in [2.05, 4.69) is 12.2 Å². The summed E-state index contributed by atoms with van der Waals surface area (Å²) in [5.74, 6) is -1.37. The molecule has 0 rings (SSSR count). The maximum atomic E-state index is 11.5. The molecule has 0 bridgehead atoms. The molecule has 0 aliphatic heterocycles. The number of nitrogens with one attached hydrogen (secondary N) is 1. The average Bonchev–Trinajstić information content (AvgIpc) is 2.28. The van der Waals surface area contributed by atoms with Crippen molar-refractivity contribution in [3.8, 4) is 0 Å².